The van der Waals surface area contributed by atoms with E-state index < -0.39 is 0 Å². The zero-order chi connectivity index (χ0) is 13.0. The monoisotopic (exact) mass is 303 g/mol. The van der Waals surface area contributed by atoms with Crippen molar-refractivity contribution in [3.63, 3.8) is 0 Å². The number of rotatable bonds is 5. The van der Waals surface area contributed by atoms with Crippen LogP contribution in [0.5, 0.6) is 0 Å². The highest BCUT2D eigenvalue weighted by Crippen LogP contribution is 2.25. The van der Waals surface area contributed by atoms with Gasteiger partial charge in [-0.15, -0.1) is 0 Å². The Morgan fingerprint density at radius 1 is 1.35 bits per heavy atom. The minimum absolute atomic E-state index is 0.0435. The molecule has 17 heavy (non-hydrogen) atoms. The van der Waals surface area contributed by atoms with Gasteiger partial charge in [-0.2, -0.15) is 0 Å². The fourth-order valence-electron chi connectivity index (χ4n) is 1.72. The van der Waals surface area contributed by atoms with Gasteiger partial charge in [-0.25, -0.2) is 4.39 Å². The van der Waals surface area contributed by atoms with Crippen LogP contribution in [-0.2, 0) is 0 Å². The lowest BCUT2D eigenvalue weighted by Gasteiger charge is -2.25. The average molecular weight is 304 g/mol. The standard InChI is InChI=1S/C13H19BrFNO/c1-8(2)13(7-17)16-9(3)11-5-4-10(15)6-12(11)14/h4-6,8-9,13,16-17H,7H2,1-3H3. The second kappa shape index (κ2) is 6.47. The molecular formula is C13H19BrFNO. The maximum absolute atomic E-state index is 13.0. The minimum Gasteiger partial charge on any atom is -0.395 e. The van der Waals surface area contributed by atoms with Gasteiger partial charge in [-0.1, -0.05) is 35.8 Å². The van der Waals surface area contributed by atoms with E-state index in [4.69, 9.17) is 0 Å². The lowest BCUT2D eigenvalue weighted by atomic mass is 10.0. The fraction of sp³-hybridized carbons (Fsp3) is 0.538. The molecule has 2 N–H and O–H groups in total. The van der Waals surface area contributed by atoms with Gasteiger partial charge < -0.3 is 10.4 Å². The van der Waals surface area contributed by atoms with Crippen LogP contribution in [0.1, 0.15) is 32.4 Å². The lowest BCUT2D eigenvalue weighted by Crippen LogP contribution is -2.38. The molecule has 96 valence electrons. The summed E-state index contributed by atoms with van der Waals surface area (Å²) in [5, 5.41) is 12.6. The molecular weight excluding hydrogens is 285 g/mol. The topological polar surface area (TPSA) is 32.3 Å². The minimum atomic E-state index is -0.254. The van der Waals surface area contributed by atoms with Crippen molar-refractivity contribution in [1.82, 2.24) is 5.32 Å². The molecule has 0 saturated carbocycles. The molecule has 0 spiro atoms. The predicted octanol–water partition coefficient (Wildman–Crippen LogP) is 3.26. The highest BCUT2D eigenvalue weighted by Gasteiger charge is 2.17. The van der Waals surface area contributed by atoms with E-state index >= 15 is 0 Å². The first-order valence-electron chi connectivity index (χ1n) is 5.77. The molecule has 2 nitrogen and oxygen atoms in total. The third kappa shape index (κ3) is 4.05. The van der Waals surface area contributed by atoms with Crippen molar-refractivity contribution in [2.75, 3.05) is 6.61 Å². The maximum atomic E-state index is 13.0. The Morgan fingerprint density at radius 2 is 2.00 bits per heavy atom. The van der Waals surface area contributed by atoms with Gasteiger partial charge in [0.2, 0.25) is 0 Å². The van der Waals surface area contributed by atoms with E-state index in [2.05, 4.69) is 35.1 Å². The van der Waals surface area contributed by atoms with E-state index in [1.165, 1.54) is 12.1 Å². The second-order valence-electron chi connectivity index (χ2n) is 4.59. The Hall–Kier alpha value is -0.450. The summed E-state index contributed by atoms with van der Waals surface area (Å²) in [6.07, 6.45) is 0. The number of halogens is 2. The van der Waals surface area contributed by atoms with E-state index in [1.54, 1.807) is 6.07 Å². The van der Waals surface area contributed by atoms with Gasteiger partial charge >= 0.3 is 0 Å². The normalized spacial score (nSPS) is 15.0. The molecule has 4 heteroatoms. The van der Waals surface area contributed by atoms with Crippen LogP contribution in [0.25, 0.3) is 0 Å². The van der Waals surface area contributed by atoms with Crippen molar-refractivity contribution >= 4 is 15.9 Å². The van der Waals surface area contributed by atoms with Gasteiger partial charge in [-0.3, -0.25) is 0 Å². The Labute approximate surface area is 110 Å². The van der Waals surface area contributed by atoms with Crippen LogP contribution in [0.3, 0.4) is 0 Å². The van der Waals surface area contributed by atoms with Gasteiger partial charge in [0.25, 0.3) is 0 Å². The van der Waals surface area contributed by atoms with E-state index in [-0.39, 0.29) is 24.5 Å². The number of aliphatic hydroxyl groups is 1. The number of hydrogen-bond acceptors (Lipinski definition) is 2. The Balaban J connectivity index is 2.78. The van der Waals surface area contributed by atoms with E-state index in [0.717, 1.165) is 10.0 Å². The summed E-state index contributed by atoms with van der Waals surface area (Å²) in [6.45, 7) is 6.21. The first-order chi connectivity index (χ1) is 7.95. The molecule has 0 aromatic heterocycles. The fourth-order valence-corrected chi connectivity index (χ4v) is 2.41. The number of nitrogens with one attached hydrogen (secondary N) is 1. The van der Waals surface area contributed by atoms with Gasteiger partial charge in [0.05, 0.1) is 6.61 Å². The molecule has 1 aromatic rings. The highest BCUT2D eigenvalue weighted by molar-refractivity contribution is 9.10. The van der Waals surface area contributed by atoms with Gasteiger partial charge in [0.1, 0.15) is 5.82 Å². The molecule has 2 unspecified atom stereocenters. The van der Waals surface area contributed by atoms with Crippen molar-refractivity contribution in [3.8, 4) is 0 Å². The predicted molar refractivity (Wildman–Crippen MR) is 71.4 cm³/mol. The largest absolute Gasteiger partial charge is 0.395 e. The summed E-state index contributed by atoms with van der Waals surface area (Å²) in [4.78, 5) is 0. The first-order valence-corrected chi connectivity index (χ1v) is 6.56. The zero-order valence-electron chi connectivity index (χ0n) is 10.4. The lowest BCUT2D eigenvalue weighted by molar-refractivity contribution is 0.201. The third-order valence-electron chi connectivity index (χ3n) is 2.89. The summed E-state index contributed by atoms with van der Waals surface area (Å²) >= 11 is 3.35. The molecule has 0 radical (unpaired) electrons. The molecule has 0 aliphatic carbocycles. The molecule has 0 fully saturated rings. The number of benzene rings is 1. The van der Waals surface area contributed by atoms with Crippen molar-refractivity contribution in [2.24, 2.45) is 5.92 Å². The van der Waals surface area contributed by atoms with E-state index in [0.29, 0.717) is 5.92 Å². The van der Waals surface area contributed by atoms with Gasteiger partial charge in [0.15, 0.2) is 0 Å². The van der Waals surface area contributed by atoms with Crippen LogP contribution in [-0.4, -0.2) is 17.8 Å². The van der Waals surface area contributed by atoms with Crippen LogP contribution in [0, 0.1) is 11.7 Å². The second-order valence-corrected chi connectivity index (χ2v) is 5.44. The Kier molecular flexibility index (Phi) is 5.56. The number of hydrogen-bond donors (Lipinski definition) is 2. The summed E-state index contributed by atoms with van der Waals surface area (Å²) in [5.41, 5.74) is 0.991. The third-order valence-corrected chi connectivity index (χ3v) is 3.58. The SMILES string of the molecule is CC(NC(CO)C(C)C)c1ccc(F)cc1Br. The summed E-state index contributed by atoms with van der Waals surface area (Å²) in [7, 11) is 0. The Bertz CT molecular complexity index is 370. The molecule has 1 rings (SSSR count). The van der Waals surface area contributed by atoms with Crippen LogP contribution < -0.4 is 5.32 Å². The van der Waals surface area contributed by atoms with Gasteiger partial charge in [-0.05, 0) is 30.5 Å². The molecule has 0 saturated heterocycles. The van der Waals surface area contributed by atoms with Crippen molar-refractivity contribution in [3.05, 3.63) is 34.1 Å². The molecule has 0 bridgehead atoms. The van der Waals surface area contributed by atoms with Crippen LogP contribution in [0.15, 0.2) is 22.7 Å². The van der Waals surface area contributed by atoms with Crippen molar-refractivity contribution in [2.45, 2.75) is 32.9 Å². The summed E-state index contributed by atoms with van der Waals surface area (Å²) in [5.74, 6) is 0.0945. The molecule has 1 aromatic carbocycles. The smallest absolute Gasteiger partial charge is 0.124 e. The first kappa shape index (κ1) is 14.6. The maximum Gasteiger partial charge on any atom is 0.124 e. The Morgan fingerprint density at radius 3 is 2.47 bits per heavy atom. The molecule has 0 aliphatic heterocycles. The number of aliphatic hydroxyl groups excluding tert-OH is 1. The summed E-state index contributed by atoms with van der Waals surface area (Å²) in [6, 6.07) is 4.76. The molecule has 0 amide bonds. The van der Waals surface area contributed by atoms with E-state index in [1.807, 2.05) is 6.92 Å². The van der Waals surface area contributed by atoms with E-state index in [9.17, 15) is 9.50 Å². The average Bonchev–Trinajstić information content (AvgIpc) is 2.24. The van der Waals surface area contributed by atoms with Crippen molar-refractivity contribution in [1.29, 1.82) is 0 Å². The van der Waals surface area contributed by atoms with Gasteiger partial charge in [0, 0.05) is 16.6 Å². The van der Waals surface area contributed by atoms with Crippen LogP contribution in [0.2, 0.25) is 0 Å². The van der Waals surface area contributed by atoms with Crippen LogP contribution in [0.4, 0.5) is 4.39 Å². The zero-order valence-corrected chi connectivity index (χ0v) is 12.0. The molecule has 0 aliphatic rings. The summed E-state index contributed by atoms with van der Waals surface area (Å²) < 4.78 is 13.7. The highest BCUT2D eigenvalue weighted by atomic mass is 79.9. The molecule has 2 atom stereocenters. The quantitative estimate of drug-likeness (QED) is 0.875. The van der Waals surface area contributed by atoms with Crippen LogP contribution >= 0.6 is 15.9 Å². The molecule has 0 heterocycles. The van der Waals surface area contributed by atoms with Crippen molar-refractivity contribution < 1.29 is 9.50 Å².